The largest absolute Gasteiger partial charge is 0.385 e. The molecule has 0 aromatic carbocycles. The van der Waals surface area contributed by atoms with Crippen LogP contribution < -0.4 is 17.0 Å². The molecule has 0 aliphatic heterocycles. The fourth-order valence-electron chi connectivity index (χ4n) is 2.50. The van der Waals surface area contributed by atoms with Crippen LogP contribution in [0.4, 0.5) is 0 Å². The second-order valence-corrected chi connectivity index (χ2v) is 5.24. The van der Waals surface area contributed by atoms with Gasteiger partial charge in [-0.15, -0.1) is 0 Å². The molecule has 0 radical (unpaired) electrons. The maximum Gasteiger partial charge on any atom is 0.332 e. The molecular formula is C14H23N5O3. The van der Waals surface area contributed by atoms with Gasteiger partial charge < -0.3 is 15.0 Å². The maximum atomic E-state index is 12.6. The Balaban J connectivity index is 2.71. The van der Waals surface area contributed by atoms with Gasteiger partial charge in [0.25, 0.3) is 5.56 Å². The first-order chi connectivity index (χ1) is 10.6. The molecule has 1 atom stereocenters. The Morgan fingerprint density at radius 2 is 2.09 bits per heavy atom. The summed E-state index contributed by atoms with van der Waals surface area (Å²) in [5, 5.41) is 0. The summed E-state index contributed by atoms with van der Waals surface area (Å²) in [5.41, 5.74) is 5.89. The minimum atomic E-state index is -0.332. The maximum absolute atomic E-state index is 12.6. The number of methoxy groups -OCH3 is 1. The Bertz CT molecular complexity index is 758. The lowest BCUT2D eigenvalue weighted by Crippen LogP contribution is -2.40. The minimum Gasteiger partial charge on any atom is -0.385 e. The highest BCUT2D eigenvalue weighted by molar-refractivity contribution is 5.70. The van der Waals surface area contributed by atoms with Gasteiger partial charge in [0.1, 0.15) is 0 Å². The molecule has 0 aliphatic rings. The van der Waals surface area contributed by atoms with Gasteiger partial charge in [-0.2, -0.15) is 0 Å². The van der Waals surface area contributed by atoms with Crippen LogP contribution in [0.5, 0.6) is 0 Å². The number of nitrogens with two attached hydrogens (primary N) is 1. The van der Waals surface area contributed by atoms with Gasteiger partial charge in [0.15, 0.2) is 11.2 Å². The molecule has 0 spiro atoms. The number of fused-ring (bicyclic) bond motifs is 1. The third kappa shape index (κ3) is 2.71. The standard InChI is InChI=1S/C14H23N5O3/c1-4-17-13(20)11-12(16-9-19(11)10(2)8-15)18(14(17)21)6-5-7-22-3/h9-10H,4-8,15H2,1-3H3. The lowest BCUT2D eigenvalue weighted by molar-refractivity contribution is 0.190. The minimum absolute atomic E-state index is 0.0621. The molecule has 2 heterocycles. The summed E-state index contributed by atoms with van der Waals surface area (Å²) in [7, 11) is 1.61. The van der Waals surface area contributed by atoms with Crippen LogP contribution in [0.1, 0.15) is 26.3 Å². The van der Waals surface area contributed by atoms with E-state index in [1.54, 1.807) is 29.5 Å². The summed E-state index contributed by atoms with van der Waals surface area (Å²) in [5.74, 6) is 0. The van der Waals surface area contributed by atoms with Crippen molar-refractivity contribution in [1.82, 2.24) is 18.7 Å². The zero-order chi connectivity index (χ0) is 16.3. The Morgan fingerprint density at radius 3 is 2.68 bits per heavy atom. The number of aryl methyl sites for hydroxylation is 1. The van der Waals surface area contributed by atoms with E-state index in [1.165, 1.54) is 4.57 Å². The van der Waals surface area contributed by atoms with Gasteiger partial charge in [0, 0.05) is 39.4 Å². The van der Waals surface area contributed by atoms with Gasteiger partial charge in [0.2, 0.25) is 0 Å². The smallest absolute Gasteiger partial charge is 0.332 e. The molecule has 0 aliphatic carbocycles. The quantitative estimate of drug-likeness (QED) is 0.722. The topological polar surface area (TPSA) is 97.1 Å². The van der Waals surface area contributed by atoms with E-state index in [1.807, 2.05) is 6.92 Å². The molecule has 0 bridgehead atoms. The van der Waals surface area contributed by atoms with E-state index in [9.17, 15) is 9.59 Å². The number of nitrogens with zero attached hydrogens (tertiary/aromatic N) is 4. The number of hydrogen-bond donors (Lipinski definition) is 1. The summed E-state index contributed by atoms with van der Waals surface area (Å²) in [6, 6.07) is -0.0621. The third-order valence-corrected chi connectivity index (χ3v) is 3.80. The molecule has 0 saturated heterocycles. The van der Waals surface area contributed by atoms with Crippen molar-refractivity contribution in [1.29, 1.82) is 0 Å². The average molecular weight is 309 g/mol. The first-order valence-electron chi connectivity index (χ1n) is 7.45. The second kappa shape index (κ2) is 6.89. The van der Waals surface area contributed by atoms with Crippen molar-refractivity contribution in [2.24, 2.45) is 5.73 Å². The molecular weight excluding hydrogens is 286 g/mol. The zero-order valence-corrected chi connectivity index (χ0v) is 13.3. The molecule has 122 valence electrons. The Labute approximate surface area is 128 Å². The summed E-state index contributed by atoms with van der Waals surface area (Å²) in [6.07, 6.45) is 2.25. The Kier molecular flexibility index (Phi) is 5.15. The van der Waals surface area contributed by atoms with Crippen molar-refractivity contribution in [3.05, 3.63) is 27.2 Å². The van der Waals surface area contributed by atoms with Crippen molar-refractivity contribution in [3.8, 4) is 0 Å². The summed E-state index contributed by atoms with van der Waals surface area (Å²) in [4.78, 5) is 29.4. The van der Waals surface area contributed by atoms with E-state index >= 15 is 0 Å². The van der Waals surface area contributed by atoms with Crippen LogP contribution >= 0.6 is 0 Å². The number of hydrogen-bond acceptors (Lipinski definition) is 5. The van der Waals surface area contributed by atoms with Crippen molar-refractivity contribution >= 4 is 11.2 Å². The van der Waals surface area contributed by atoms with Gasteiger partial charge in [-0.05, 0) is 20.3 Å². The van der Waals surface area contributed by atoms with Gasteiger partial charge in [-0.1, -0.05) is 0 Å². The fourth-order valence-corrected chi connectivity index (χ4v) is 2.50. The predicted molar refractivity (Wildman–Crippen MR) is 84.2 cm³/mol. The van der Waals surface area contributed by atoms with E-state index in [-0.39, 0.29) is 17.3 Å². The summed E-state index contributed by atoms with van der Waals surface area (Å²) >= 11 is 0. The molecule has 8 nitrogen and oxygen atoms in total. The molecule has 22 heavy (non-hydrogen) atoms. The lowest BCUT2D eigenvalue weighted by atomic mass is 10.3. The summed E-state index contributed by atoms with van der Waals surface area (Å²) < 4.78 is 9.55. The van der Waals surface area contributed by atoms with Crippen LogP contribution in [0.3, 0.4) is 0 Å². The fraction of sp³-hybridized carbons (Fsp3) is 0.643. The van der Waals surface area contributed by atoms with Gasteiger partial charge >= 0.3 is 5.69 Å². The van der Waals surface area contributed by atoms with Crippen LogP contribution in [0.2, 0.25) is 0 Å². The van der Waals surface area contributed by atoms with E-state index in [2.05, 4.69) is 4.98 Å². The van der Waals surface area contributed by atoms with Crippen LogP contribution in [0, 0.1) is 0 Å². The zero-order valence-electron chi connectivity index (χ0n) is 13.3. The molecule has 2 rings (SSSR count). The normalized spacial score (nSPS) is 12.9. The number of aromatic nitrogens is 4. The van der Waals surface area contributed by atoms with Crippen LogP contribution in [-0.4, -0.2) is 38.9 Å². The van der Waals surface area contributed by atoms with Crippen molar-refractivity contribution in [3.63, 3.8) is 0 Å². The van der Waals surface area contributed by atoms with Crippen molar-refractivity contribution in [2.75, 3.05) is 20.3 Å². The van der Waals surface area contributed by atoms with E-state index in [4.69, 9.17) is 10.5 Å². The van der Waals surface area contributed by atoms with E-state index < -0.39 is 0 Å². The molecule has 0 saturated carbocycles. The first kappa shape index (κ1) is 16.4. The molecule has 1 unspecified atom stereocenters. The average Bonchev–Trinajstić information content (AvgIpc) is 2.95. The van der Waals surface area contributed by atoms with Gasteiger partial charge in [0.05, 0.1) is 6.33 Å². The molecule has 2 aromatic rings. The van der Waals surface area contributed by atoms with E-state index in [0.717, 1.165) is 0 Å². The van der Waals surface area contributed by atoms with Crippen LogP contribution in [0.25, 0.3) is 11.2 Å². The molecule has 2 N–H and O–H groups in total. The molecule has 0 fully saturated rings. The SMILES string of the molecule is CCn1c(=O)c2c(ncn2C(C)CN)n(CCCOC)c1=O. The summed E-state index contributed by atoms with van der Waals surface area (Å²) in [6.45, 7) is 5.40. The van der Waals surface area contributed by atoms with Crippen molar-refractivity contribution < 1.29 is 4.74 Å². The lowest BCUT2D eigenvalue weighted by Gasteiger charge is -2.14. The van der Waals surface area contributed by atoms with Gasteiger partial charge in [-0.3, -0.25) is 13.9 Å². The second-order valence-electron chi connectivity index (χ2n) is 5.24. The van der Waals surface area contributed by atoms with Crippen LogP contribution in [0.15, 0.2) is 15.9 Å². The highest BCUT2D eigenvalue weighted by Crippen LogP contribution is 2.13. The third-order valence-electron chi connectivity index (χ3n) is 3.80. The highest BCUT2D eigenvalue weighted by Gasteiger charge is 2.18. The highest BCUT2D eigenvalue weighted by atomic mass is 16.5. The number of imidazole rings is 1. The van der Waals surface area contributed by atoms with Crippen molar-refractivity contribution in [2.45, 2.75) is 39.4 Å². The molecule has 8 heteroatoms. The van der Waals surface area contributed by atoms with Gasteiger partial charge in [-0.25, -0.2) is 9.78 Å². The Hall–Kier alpha value is -1.93. The first-order valence-corrected chi connectivity index (χ1v) is 7.45. The molecule has 0 amide bonds. The van der Waals surface area contributed by atoms with Crippen LogP contribution in [-0.2, 0) is 17.8 Å². The molecule has 2 aromatic heterocycles. The number of rotatable bonds is 7. The predicted octanol–water partition coefficient (Wildman–Crippen LogP) is -0.0642. The van der Waals surface area contributed by atoms with E-state index in [0.29, 0.717) is 43.8 Å². The number of ether oxygens (including phenoxy) is 1. The Morgan fingerprint density at radius 1 is 1.36 bits per heavy atom. The monoisotopic (exact) mass is 309 g/mol.